The van der Waals surface area contributed by atoms with Crippen LogP contribution in [0.4, 0.5) is 0 Å². The summed E-state index contributed by atoms with van der Waals surface area (Å²) in [6, 6.07) is 0. The minimum atomic E-state index is -0.268. The zero-order valence-electron chi connectivity index (χ0n) is 9.05. The zero-order valence-corrected chi connectivity index (χ0v) is 9.05. The van der Waals surface area contributed by atoms with Crippen LogP contribution in [0, 0.1) is 5.92 Å². The first-order chi connectivity index (χ1) is 6.20. The van der Waals surface area contributed by atoms with Crippen LogP contribution in [0.3, 0.4) is 0 Å². The predicted molar refractivity (Wildman–Crippen MR) is 53.7 cm³/mol. The minimum absolute atomic E-state index is 0.248. The lowest BCUT2D eigenvalue weighted by Gasteiger charge is -2.36. The first-order valence-corrected chi connectivity index (χ1v) is 5.52. The zero-order chi connectivity index (χ0) is 9.90. The van der Waals surface area contributed by atoms with E-state index in [4.69, 9.17) is 4.74 Å². The van der Waals surface area contributed by atoms with Crippen LogP contribution in [0.2, 0.25) is 0 Å². The van der Waals surface area contributed by atoms with Crippen molar-refractivity contribution in [3.63, 3.8) is 0 Å². The van der Waals surface area contributed by atoms with Crippen LogP contribution in [-0.4, -0.2) is 23.4 Å². The van der Waals surface area contributed by atoms with Crippen molar-refractivity contribution < 1.29 is 9.84 Å². The van der Waals surface area contributed by atoms with Crippen LogP contribution in [0.25, 0.3) is 0 Å². The molecule has 0 spiro atoms. The molecule has 0 saturated heterocycles. The molecule has 1 N–H and O–H groups in total. The Bertz CT molecular complexity index is 148. The van der Waals surface area contributed by atoms with Crippen molar-refractivity contribution >= 4 is 0 Å². The van der Waals surface area contributed by atoms with E-state index in [-0.39, 0.29) is 11.7 Å². The van der Waals surface area contributed by atoms with Crippen LogP contribution >= 0.6 is 0 Å². The van der Waals surface area contributed by atoms with Gasteiger partial charge in [0.25, 0.3) is 0 Å². The first-order valence-electron chi connectivity index (χ1n) is 5.52. The Hall–Kier alpha value is -0.0800. The van der Waals surface area contributed by atoms with Crippen LogP contribution in [0.15, 0.2) is 0 Å². The summed E-state index contributed by atoms with van der Waals surface area (Å²) in [5, 5.41) is 10.1. The standard InChI is InChI=1S/C11H22O2/c1-4-11(5-2,13-6-3)10(12)9-7-8-9/h9-10,12H,4-8H2,1-3H3. The van der Waals surface area contributed by atoms with Crippen molar-refractivity contribution in [2.75, 3.05) is 6.61 Å². The quantitative estimate of drug-likeness (QED) is 0.690. The molecule has 2 heteroatoms. The summed E-state index contributed by atoms with van der Waals surface area (Å²) in [5.41, 5.74) is -0.268. The molecular weight excluding hydrogens is 164 g/mol. The lowest BCUT2D eigenvalue weighted by Crippen LogP contribution is -2.45. The molecule has 0 radical (unpaired) electrons. The van der Waals surface area contributed by atoms with Crippen molar-refractivity contribution in [1.29, 1.82) is 0 Å². The van der Waals surface area contributed by atoms with Gasteiger partial charge in [-0.15, -0.1) is 0 Å². The normalized spacial score (nSPS) is 20.3. The van der Waals surface area contributed by atoms with Crippen LogP contribution < -0.4 is 0 Å². The maximum atomic E-state index is 10.1. The maximum Gasteiger partial charge on any atom is 0.0937 e. The molecule has 0 aromatic rings. The summed E-state index contributed by atoms with van der Waals surface area (Å²) < 4.78 is 5.74. The number of ether oxygens (including phenoxy) is 1. The average Bonchev–Trinajstić information content (AvgIpc) is 2.96. The topological polar surface area (TPSA) is 29.5 Å². The lowest BCUT2D eigenvalue weighted by molar-refractivity contribution is -0.132. The van der Waals surface area contributed by atoms with E-state index in [1.54, 1.807) is 0 Å². The predicted octanol–water partition coefficient (Wildman–Crippen LogP) is 2.35. The molecule has 13 heavy (non-hydrogen) atoms. The molecule has 1 fully saturated rings. The van der Waals surface area contributed by atoms with Crippen molar-refractivity contribution in [2.45, 2.75) is 58.2 Å². The van der Waals surface area contributed by atoms with E-state index in [1.165, 1.54) is 12.8 Å². The van der Waals surface area contributed by atoms with Gasteiger partial charge in [-0.2, -0.15) is 0 Å². The van der Waals surface area contributed by atoms with E-state index in [2.05, 4.69) is 13.8 Å². The third-order valence-electron chi connectivity index (χ3n) is 3.24. The molecule has 2 nitrogen and oxygen atoms in total. The smallest absolute Gasteiger partial charge is 0.0937 e. The second kappa shape index (κ2) is 4.43. The van der Waals surface area contributed by atoms with E-state index in [1.807, 2.05) is 6.92 Å². The fraction of sp³-hybridized carbons (Fsp3) is 1.00. The molecule has 1 aliphatic carbocycles. The Morgan fingerprint density at radius 3 is 2.15 bits per heavy atom. The van der Waals surface area contributed by atoms with Gasteiger partial charge in [0.15, 0.2) is 0 Å². The molecule has 0 heterocycles. The molecule has 0 bridgehead atoms. The van der Waals surface area contributed by atoms with Gasteiger partial charge in [-0.05, 0) is 38.5 Å². The van der Waals surface area contributed by atoms with Crippen LogP contribution in [-0.2, 0) is 4.74 Å². The summed E-state index contributed by atoms with van der Waals surface area (Å²) in [5.74, 6) is 0.506. The minimum Gasteiger partial charge on any atom is -0.390 e. The highest BCUT2D eigenvalue weighted by Crippen LogP contribution is 2.41. The van der Waals surface area contributed by atoms with Crippen LogP contribution in [0.1, 0.15) is 46.5 Å². The number of hydrogen-bond acceptors (Lipinski definition) is 2. The lowest BCUT2D eigenvalue weighted by atomic mass is 9.87. The molecule has 1 atom stereocenters. The van der Waals surface area contributed by atoms with Gasteiger partial charge in [-0.1, -0.05) is 13.8 Å². The number of hydrogen-bond donors (Lipinski definition) is 1. The Morgan fingerprint density at radius 1 is 1.31 bits per heavy atom. The Kier molecular flexibility index (Phi) is 3.74. The maximum absolute atomic E-state index is 10.1. The fourth-order valence-corrected chi connectivity index (χ4v) is 2.09. The van der Waals surface area contributed by atoms with Crippen LogP contribution in [0.5, 0.6) is 0 Å². The molecule has 0 aromatic heterocycles. The molecule has 0 aromatic carbocycles. The molecule has 0 aliphatic heterocycles. The van der Waals surface area contributed by atoms with Crippen molar-refractivity contribution in [3.05, 3.63) is 0 Å². The van der Waals surface area contributed by atoms with Crippen molar-refractivity contribution in [2.24, 2.45) is 5.92 Å². The summed E-state index contributed by atoms with van der Waals surface area (Å²) in [4.78, 5) is 0. The Balaban J connectivity index is 2.61. The fourth-order valence-electron chi connectivity index (χ4n) is 2.09. The van der Waals surface area contributed by atoms with Crippen molar-refractivity contribution in [1.82, 2.24) is 0 Å². The summed E-state index contributed by atoms with van der Waals surface area (Å²) in [6.07, 6.45) is 3.93. The van der Waals surface area contributed by atoms with E-state index < -0.39 is 0 Å². The highest BCUT2D eigenvalue weighted by molar-refractivity contribution is 4.95. The van der Waals surface area contributed by atoms with Gasteiger partial charge >= 0.3 is 0 Å². The molecule has 1 aliphatic rings. The summed E-state index contributed by atoms with van der Waals surface area (Å²) >= 11 is 0. The van der Waals surface area contributed by atoms with Gasteiger partial charge < -0.3 is 9.84 Å². The third-order valence-corrected chi connectivity index (χ3v) is 3.24. The second-order valence-corrected chi connectivity index (χ2v) is 3.99. The van der Waals surface area contributed by atoms with Gasteiger partial charge in [0.05, 0.1) is 11.7 Å². The Labute approximate surface area is 81.3 Å². The molecule has 0 amide bonds. The average molecular weight is 186 g/mol. The summed E-state index contributed by atoms with van der Waals surface area (Å²) in [7, 11) is 0. The third kappa shape index (κ3) is 2.23. The van der Waals surface area contributed by atoms with E-state index in [0.29, 0.717) is 12.5 Å². The Morgan fingerprint density at radius 2 is 1.85 bits per heavy atom. The number of aliphatic hydroxyl groups excluding tert-OH is 1. The highest BCUT2D eigenvalue weighted by Gasteiger charge is 2.44. The molecular formula is C11H22O2. The SMILES string of the molecule is CCOC(CC)(CC)C(O)C1CC1. The number of rotatable bonds is 6. The largest absolute Gasteiger partial charge is 0.390 e. The van der Waals surface area contributed by atoms with E-state index in [9.17, 15) is 5.11 Å². The van der Waals surface area contributed by atoms with E-state index >= 15 is 0 Å². The van der Waals surface area contributed by atoms with Gasteiger partial charge in [-0.3, -0.25) is 0 Å². The summed E-state index contributed by atoms with van der Waals surface area (Å²) in [6.45, 7) is 6.90. The molecule has 1 rings (SSSR count). The van der Waals surface area contributed by atoms with Gasteiger partial charge in [0.1, 0.15) is 0 Å². The molecule has 78 valence electrons. The molecule has 1 saturated carbocycles. The van der Waals surface area contributed by atoms with Gasteiger partial charge in [0, 0.05) is 6.61 Å². The van der Waals surface area contributed by atoms with Gasteiger partial charge in [0.2, 0.25) is 0 Å². The first kappa shape index (κ1) is 11.0. The van der Waals surface area contributed by atoms with E-state index in [0.717, 1.165) is 12.8 Å². The second-order valence-electron chi connectivity index (χ2n) is 3.99. The van der Waals surface area contributed by atoms with Crippen molar-refractivity contribution in [3.8, 4) is 0 Å². The molecule has 1 unspecified atom stereocenters. The highest BCUT2D eigenvalue weighted by atomic mass is 16.5. The van der Waals surface area contributed by atoms with Gasteiger partial charge in [-0.25, -0.2) is 0 Å². The number of aliphatic hydroxyl groups is 1. The monoisotopic (exact) mass is 186 g/mol.